The third kappa shape index (κ3) is 7.18. The van der Waals surface area contributed by atoms with Crippen molar-refractivity contribution in [3.8, 4) is 5.75 Å². The first-order chi connectivity index (χ1) is 20.5. The van der Waals surface area contributed by atoms with Crippen molar-refractivity contribution in [2.24, 2.45) is 17.3 Å². The van der Waals surface area contributed by atoms with Gasteiger partial charge in [0.15, 0.2) is 0 Å². The Morgan fingerprint density at radius 1 is 0.907 bits per heavy atom. The number of hydrogen-bond donors (Lipinski definition) is 0. The minimum atomic E-state index is -6.73. The molecule has 5 unspecified atom stereocenters. The summed E-state index contributed by atoms with van der Waals surface area (Å²) >= 11 is 0. The van der Waals surface area contributed by atoms with Crippen molar-refractivity contribution in [2.75, 3.05) is 19.8 Å². The zero-order chi connectivity index (χ0) is 33.0. The number of hydrogen-bond acceptors (Lipinski definition) is 3. The van der Waals surface area contributed by atoms with Crippen LogP contribution in [0.5, 0.6) is 5.75 Å². The summed E-state index contributed by atoms with van der Waals surface area (Å²) in [5.74, 6) is 1.88. The van der Waals surface area contributed by atoms with Crippen LogP contribution in [0.25, 0.3) is 0 Å². The number of aryl methyl sites for hydroxylation is 1. The first kappa shape index (κ1) is 34.4. The molecule has 0 bridgehead atoms. The summed E-state index contributed by atoms with van der Waals surface area (Å²) in [6.07, 6.45) is -15.3. The van der Waals surface area contributed by atoms with Gasteiger partial charge in [-0.05, 0) is 97.8 Å². The number of halogens is 9. The van der Waals surface area contributed by atoms with Gasteiger partial charge >= 0.3 is 24.1 Å². The smallest absolute Gasteiger partial charge is 0.435 e. The topological polar surface area (TPSA) is 27.7 Å². The normalized spacial score (nSPS) is 27.8. The van der Waals surface area contributed by atoms with Gasteiger partial charge in [-0.25, -0.2) is 0 Å². The Morgan fingerprint density at radius 2 is 1.56 bits per heavy atom. The molecule has 0 spiro atoms. The number of benzene rings is 1. The molecule has 4 rings (SSSR count). The molecule has 2 saturated carbocycles. The predicted octanol–water partition coefficient (Wildman–Crippen LogP) is 8.80. The summed E-state index contributed by atoms with van der Waals surface area (Å²) in [5.41, 5.74) is -3.93. The maximum Gasteiger partial charge on any atom is 0.435 e. The Balaban J connectivity index is 0.00000169. The van der Waals surface area contributed by atoms with Crippen LogP contribution in [0.4, 0.5) is 39.5 Å². The quantitative estimate of drug-likeness (QED) is 0.152. The Labute approximate surface area is 251 Å². The fraction of sp³-hybridized carbons (Fsp3) is 0.800. The molecule has 0 amide bonds. The second-order valence-electron chi connectivity index (χ2n) is 12.0. The summed E-state index contributed by atoms with van der Waals surface area (Å²) < 4.78 is 140. The van der Waals surface area contributed by atoms with Crippen LogP contribution in [-0.4, -0.2) is 59.6 Å². The van der Waals surface area contributed by atoms with Gasteiger partial charge in [-0.3, -0.25) is 0 Å². The molecule has 43 heavy (non-hydrogen) atoms. The molecular formula is C30H43F9O3Si. The third-order valence-electron chi connectivity index (χ3n) is 9.15. The molecule has 0 aliphatic heterocycles. The van der Waals surface area contributed by atoms with Gasteiger partial charge in [0.05, 0.1) is 19.3 Å². The summed E-state index contributed by atoms with van der Waals surface area (Å²) in [7, 11) is 0.417. The van der Waals surface area contributed by atoms with Gasteiger partial charge in [0.25, 0.3) is 0 Å². The molecule has 1 aromatic carbocycles. The number of alkyl halides is 9. The maximum absolute atomic E-state index is 13.1. The largest absolute Gasteiger partial charge is 0.494 e. The fourth-order valence-electron chi connectivity index (χ4n) is 7.30. The van der Waals surface area contributed by atoms with Crippen molar-refractivity contribution < 1.29 is 55.1 Å². The van der Waals surface area contributed by atoms with Crippen LogP contribution in [0, 0.1) is 17.3 Å². The molecule has 0 aromatic heterocycles. The van der Waals surface area contributed by atoms with Crippen LogP contribution in [0.1, 0.15) is 77.2 Å². The minimum Gasteiger partial charge on any atom is -0.494 e. The van der Waals surface area contributed by atoms with E-state index in [0.717, 1.165) is 37.9 Å². The van der Waals surface area contributed by atoms with Crippen LogP contribution in [0.15, 0.2) is 18.2 Å². The molecule has 1 aromatic rings. The average molecular weight is 652 g/mol. The van der Waals surface area contributed by atoms with Crippen molar-refractivity contribution in [3.63, 3.8) is 0 Å². The second-order valence-corrected chi connectivity index (χ2v) is 13.5. The van der Waals surface area contributed by atoms with Crippen molar-refractivity contribution >= 4 is 9.52 Å². The second kappa shape index (κ2) is 13.9. The molecule has 5 atom stereocenters. The zero-order valence-corrected chi connectivity index (χ0v) is 26.3. The van der Waals surface area contributed by atoms with Crippen molar-refractivity contribution in [2.45, 2.75) is 114 Å². The molecule has 3 aliphatic rings. The van der Waals surface area contributed by atoms with E-state index in [0.29, 0.717) is 53.6 Å². The van der Waals surface area contributed by atoms with Gasteiger partial charge in [-0.15, -0.1) is 0 Å². The van der Waals surface area contributed by atoms with E-state index in [1.54, 1.807) is 0 Å². The van der Waals surface area contributed by atoms with Gasteiger partial charge in [-0.2, -0.15) is 39.5 Å². The first-order valence-electron chi connectivity index (χ1n) is 15.7. The molecule has 3 nitrogen and oxygen atoms in total. The SMILES string of the molecule is C[SiH2]C.[2H]CCCOc1ccc2c(c1)CCC1C2CCC2(C)C(OCCCOC(C(F)(F)F)(C(F)(F)F)C(F)(F)F)CCC12. The molecule has 0 heterocycles. The summed E-state index contributed by atoms with van der Waals surface area (Å²) in [6, 6.07) is 6.17. The molecule has 2 fully saturated rings. The van der Waals surface area contributed by atoms with Gasteiger partial charge in [0, 0.05) is 17.5 Å². The summed E-state index contributed by atoms with van der Waals surface area (Å²) in [4.78, 5) is 0. The van der Waals surface area contributed by atoms with Gasteiger partial charge in [0.2, 0.25) is 0 Å². The highest BCUT2D eigenvalue weighted by Gasteiger charge is 2.85. The van der Waals surface area contributed by atoms with Crippen LogP contribution in [-0.2, 0) is 15.9 Å². The molecule has 13 heteroatoms. The lowest BCUT2D eigenvalue weighted by molar-refractivity contribution is -0.457. The first-order valence-corrected chi connectivity index (χ1v) is 17.8. The van der Waals surface area contributed by atoms with Gasteiger partial charge in [0.1, 0.15) is 5.75 Å². The van der Waals surface area contributed by atoms with Crippen LogP contribution in [0.3, 0.4) is 0 Å². The summed E-state index contributed by atoms with van der Waals surface area (Å²) in [5, 5.41) is 0. The summed E-state index contributed by atoms with van der Waals surface area (Å²) in [6.45, 7) is 5.71. The molecule has 0 radical (unpaired) electrons. The van der Waals surface area contributed by atoms with E-state index < -0.39 is 37.2 Å². The van der Waals surface area contributed by atoms with E-state index in [-0.39, 0.29) is 18.1 Å². The maximum atomic E-state index is 13.1. The highest BCUT2D eigenvalue weighted by atomic mass is 28.2. The standard InChI is InChI=1S/C28H35F9O3.C2H8Si/c1-3-13-38-18-6-8-19-17(16-18)5-7-21-20(19)11-12-24(2)22(21)9-10-23(24)39-14-4-15-40-25(26(29,30)31,27(32,33)34)28(35,36)37;1-3-2/h6,8,16,20-23H,3-5,7,9-15H2,1-2H3;3H2,1-2H3/i1D;. The molecule has 0 saturated heterocycles. The highest BCUT2D eigenvalue weighted by molar-refractivity contribution is 6.31. The van der Waals surface area contributed by atoms with Crippen molar-refractivity contribution in [1.82, 2.24) is 0 Å². The van der Waals surface area contributed by atoms with E-state index >= 15 is 0 Å². The number of ether oxygens (including phenoxy) is 3. The Kier molecular flexibility index (Phi) is 11.1. The van der Waals surface area contributed by atoms with Crippen LogP contribution < -0.4 is 4.74 Å². The minimum absolute atomic E-state index is 0.244. The lowest BCUT2D eigenvalue weighted by Crippen LogP contribution is -2.67. The van der Waals surface area contributed by atoms with Crippen LogP contribution >= 0.6 is 0 Å². The van der Waals surface area contributed by atoms with Gasteiger partial charge < -0.3 is 14.2 Å². The molecule has 248 valence electrons. The zero-order valence-electron chi connectivity index (χ0n) is 25.9. The van der Waals surface area contributed by atoms with E-state index in [1.165, 1.54) is 11.1 Å². The predicted molar refractivity (Wildman–Crippen MR) is 148 cm³/mol. The van der Waals surface area contributed by atoms with E-state index in [9.17, 15) is 39.5 Å². The Bertz CT molecular complexity index is 1030. The molecule has 0 N–H and O–H groups in total. The number of rotatable bonds is 9. The van der Waals surface area contributed by atoms with Gasteiger partial charge in [-0.1, -0.05) is 33.0 Å². The lowest BCUT2D eigenvalue weighted by atomic mass is 9.55. The Hall–Kier alpha value is -1.47. The van der Waals surface area contributed by atoms with Crippen LogP contribution in [0.2, 0.25) is 13.1 Å². The van der Waals surface area contributed by atoms with E-state index in [1.807, 2.05) is 6.07 Å². The molecule has 3 aliphatic carbocycles. The fourth-order valence-corrected chi connectivity index (χ4v) is 7.30. The highest BCUT2D eigenvalue weighted by Crippen LogP contribution is 2.62. The van der Waals surface area contributed by atoms with Crippen molar-refractivity contribution in [1.29, 1.82) is 0 Å². The lowest BCUT2D eigenvalue weighted by Gasteiger charge is -2.50. The Morgan fingerprint density at radius 3 is 2.16 bits per heavy atom. The number of fused-ring (bicyclic) bond motifs is 5. The van der Waals surface area contributed by atoms with E-state index in [2.05, 4.69) is 36.9 Å². The molecular weight excluding hydrogens is 607 g/mol. The third-order valence-corrected chi connectivity index (χ3v) is 9.15. The van der Waals surface area contributed by atoms with Crippen molar-refractivity contribution in [3.05, 3.63) is 29.3 Å². The van der Waals surface area contributed by atoms with E-state index in [4.69, 9.17) is 10.8 Å². The monoisotopic (exact) mass is 651 g/mol. The average Bonchev–Trinajstić information content (AvgIpc) is 3.25.